The van der Waals surface area contributed by atoms with Gasteiger partial charge < -0.3 is 4.74 Å². The second-order valence-corrected chi connectivity index (χ2v) is 5.08. The highest BCUT2D eigenvalue weighted by Gasteiger charge is 2.39. The lowest BCUT2D eigenvalue weighted by Crippen LogP contribution is -2.37. The van der Waals surface area contributed by atoms with Gasteiger partial charge in [0.1, 0.15) is 0 Å². The lowest BCUT2D eigenvalue weighted by molar-refractivity contribution is -0.151. The summed E-state index contributed by atoms with van der Waals surface area (Å²) in [5.41, 5.74) is 0.639. The first-order valence-electron chi connectivity index (χ1n) is 7.44. The third kappa shape index (κ3) is 3.82. The van der Waals surface area contributed by atoms with E-state index in [0.29, 0.717) is 6.61 Å². The van der Waals surface area contributed by atoms with E-state index >= 15 is 0 Å². The molecule has 0 bridgehead atoms. The van der Waals surface area contributed by atoms with Crippen molar-refractivity contribution in [1.29, 1.82) is 0 Å². The fourth-order valence-corrected chi connectivity index (χ4v) is 2.68. The Morgan fingerprint density at radius 3 is 2.05 bits per heavy atom. The smallest absolute Gasteiger partial charge is 0.316 e. The minimum atomic E-state index is -0.458. The first-order valence-corrected chi connectivity index (χ1v) is 7.44. The van der Waals surface area contributed by atoms with Crippen molar-refractivity contribution in [2.75, 3.05) is 6.61 Å². The van der Waals surface area contributed by atoms with E-state index in [-0.39, 0.29) is 5.97 Å². The van der Waals surface area contributed by atoms with Crippen LogP contribution in [-0.4, -0.2) is 12.6 Å². The summed E-state index contributed by atoms with van der Waals surface area (Å²) in [7, 11) is 0. The Labute approximate surface area is 117 Å². The normalized spacial score (nSPS) is 11.3. The van der Waals surface area contributed by atoms with Crippen LogP contribution in [0.4, 0.5) is 0 Å². The molecule has 0 spiro atoms. The molecule has 0 aliphatic carbocycles. The molecule has 0 saturated carbocycles. The van der Waals surface area contributed by atoms with Crippen LogP contribution in [0, 0.1) is 0 Å². The molecule has 0 amide bonds. The first kappa shape index (κ1) is 15.7. The molecule has 2 heteroatoms. The number of ether oxygens (including phenoxy) is 1. The van der Waals surface area contributed by atoms with E-state index in [1.165, 1.54) is 0 Å². The molecule has 0 atom stereocenters. The van der Waals surface area contributed by atoms with Crippen molar-refractivity contribution in [3.63, 3.8) is 0 Å². The molecule has 1 rings (SSSR count). The van der Waals surface area contributed by atoms with E-state index in [2.05, 4.69) is 26.0 Å². The summed E-state index contributed by atoms with van der Waals surface area (Å²) in [6, 6.07) is 10.1. The predicted octanol–water partition coefficient (Wildman–Crippen LogP) is 4.48. The van der Waals surface area contributed by atoms with E-state index in [1.807, 2.05) is 25.1 Å². The largest absolute Gasteiger partial charge is 0.465 e. The molecule has 1 aromatic carbocycles. The maximum atomic E-state index is 12.6. The average Bonchev–Trinajstić information content (AvgIpc) is 2.45. The predicted molar refractivity (Wildman–Crippen MR) is 79.2 cm³/mol. The third-order valence-corrected chi connectivity index (χ3v) is 3.51. The Kier molecular flexibility index (Phi) is 6.61. The number of benzene rings is 1. The zero-order valence-electron chi connectivity index (χ0n) is 12.4. The zero-order chi connectivity index (χ0) is 14.1. The molecule has 19 heavy (non-hydrogen) atoms. The number of carbonyl (C=O) groups is 1. The topological polar surface area (TPSA) is 26.3 Å². The quantitative estimate of drug-likeness (QED) is 0.646. The summed E-state index contributed by atoms with van der Waals surface area (Å²) < 4.78 is 5.48. The fourth-order valence-electron chi connectivity index (χ4n) is 2.68. The van der Waals surface area contributed by atoms with Crippen molar-refractivity contribution in [2.24, 2.45) is 0 Å². The van der Waals surface area contributed by atoms with Crippen LogP contribution in [0.5, 0.6) is 0 Å². The lowest BCUT2D eigenvalue weighted by atomic mass is 9.73. The Bertz CT molecular complexity index is 364. The van der Waals surface area contributed by atoms with Gasteiger partial charge in [0.15, 0.2) is 0 Å². The van der Waals surface area contributed by atoms with E-state index in [1.54, 1.807) is 0 Å². The van der Waals surface area contributed by atoms with Gasteiger partial charge in [0.2, 0.25) is 0 Å². The van der Waals surface area contributed by atoms with Crippen LogP contribution < -0.4 is 0 Å². The molecule has 0 radical (unpaired) electrons. The summed E-state index contributed by atoms with van der Waals surface area (Å²) in [6.45, 7) is 6.79. The second kappa shape index (κ2) is 7.98. The van der Waals surface area contributed by atoms with Gasteiger partial charge in [-0.1, -0.05) is 63.9 Å². The Morgan fingerprint density at radius 2 is 1.58 bits per heavy atom. The number of rotatable bonds is 8. The van der Waals surface area contributed by atoms with Crippen molar-refractivity contribution < 1.29 is 9.53 Å². The minimum Gasteiger partial charge on any atom is -0.465 e. The van der Waals surface area contributed by atoms with E-state index in [4.69, 9.17) is 4.74 Å². The average molecular weight is 262 g/mol. The van der Waals surface area contributed by atoms with Gasteiger partial charge in [-0.25, -0.2) is 0 Å². The van der Waals surface area contributed by atoms with E-state index in [9.17, 15) is 4.79 Å². The number of esters is 1. The van der Waals surface area contributed by atoms with Gasteiger partial charge in [-0.15, -0.1) is 0 Å². The van der Waals surface area contributed by atoms with Crippen molar-refractivity contribution >= 4 is 5.97 Å². The van der Waals surface area contributed by atoms with Gasteiger partial charge in [0.05, 0.1) is 12.0 Å². The molecule has 0 saturated heterocycles. The van der Waals surface area contributed by atoms with Crippen molar-refractivity contribution in [3.8, 4) is 0 Å². The van der Waals surface area contributed by atoms with Crippen LogP contribution in [0.15, 0.2) is 30.3 Å². The Hall–Kier alpha value is -1.31. The molecule has 0 heterocycles. The minimum absolute atomic E-state index is 0.0516. The second-order valence-electron chi connectivity index (χ2n) is 5.08. The summed E-state index contributed by atoms with van der Waals surface area (Å²) >= 11 is 0. The molecule has 0 aliphatic rings. The molecule has 106 valence electrons. The van der Waals surface area contributed by atoms with Crippen molar-refractivity contribution in [1.82, 2.24) is 0 Å². The summed E-state index contributed by atoms with van der Waals surface area (Å²) in [5, 5.41) is 0. The molecule has 2 nitrogen and oxygen atoms in total. The van der Waals surface area contributed by atoms with E-state index in [0.717, 1.165) is 37.7 Å². The molecular weight excluding hydrogens is 236 g/mol. The third-order valence-electron chi connectivity index (χ3n) is 3.51. The fraction of sp³-hybridized carbons (Fsp3) is 0.588. The van der Waals surface area contributed by atoms with Gasteiger partial charge >= 0.3 is 5.97 Å². The van der Waals surface area contributed by atoms with Crippen LogP contribution in [0.2, 0.25) is 0 Å². The monoisotopic (exact) mass is 262 g/mol. The van der Waals surface area contributed by atoms with Crippen LogP contribution in [0.25, 0.3) is 0 Å². The highest BCUT2D eigenvalue weighted by molar-refractivity contribution is 5.83. The summed E-state index contributed by atoms with van der Waals surface area (Å²) in [5.74, 6) is -0.0516. The van der Waals surface area contributed by atoms with Crippen LogP contribution >= 0.6 is 0 Å². The van der Waals surface area contributed by atoms with Crippen LogP contribution in [0.1, 0.15) is 58.4 Å². The maximum absolute atomic E-state index is 12.6. The number of hydrogen-bond acceptors (Lipinski definition) is 2. The maximum Gasteiger partial charge on any atom is 0.316 e. The van der Waals surface area contributed by atoms with E-state index < -0.39 is 5.41 Å². The number of carbonyl (C=O) groups excluding carboxylic acids is 1. The Balaban J connectivity index is 3.09. The van der Waals surface area contributed by atoms with Gasteiger partial charge in [0.25, 0.3) is 0 Å². The van der Waals surface area contributed by atoms with Gasteiger partial charge in [-0.3, -0.25) is 4.79 Å². The summed E-state index contributed by atoms with van der Waals surface area (Å²) in [6.07, 6.45) is 4.54. The molecule has 0 aliphatic heterocycles. The standard InChI is InChI=1S/C17H26O2/c1-4-12-17(13-5-2,16(18)19-14-6-3)15-10-8-7-9-11-15/h7-11H,4-6,12-14H2,1-3H3. The van der Waals surface area contributed by atoms with Gasteiger partial charge in [-0.05, 0) is 24.8 Å². The van der Waals surface area contributed by atoms with Crippen molar-refractivity contribution in [3.05, 3.63) is 35.9 Å². The van der Waals surface area contributed by atoms with Gasteiger partial charge in [0, 0.05) is 0 Å². The highest BCUT2D eigenvalue weighted by atomic mass is 16.5. The van der Waals surface area contributed by atoms with Gasteiger partial charge in [-0.2, -0.15) is 0 Å². The molecule has 0 aromatic heterocycles. The van der Waals surface area contributed by atoms with Crippen LogP contribution in [0.3, 0.4) is 0 Å². The summed E-state index contributed by atoms with van der Waals surface area (Å²) in [4.78, 5) is 12.6. The Morgan fingerprint density at radius 1 is 1.00 bits per heavy atom. The molecular formula is C17H26O2. The first-order chi connectivity index (χ1) is 9.21. The van der Waals surface area contributed by atoms with Crippen LogP contribution in [-0.2, 0) is 14.9 Å². The zero-order valence-corrected chi connectivity index (χ0v) is 12.4. The molecule has 0 fully saturated rings. The molecule has 1 aromatic rings. The van der Waals surface area contributed by atoms with Crippen molar-refractivity contribution in [2.45, 2.75) is 58.3 Å². The lowest BCUT2D eigenvalue weighted by Gasteiger charge is -2.31. The SMILES string of the molecule is CCCOC(=O)C(CCC)(CCC)c1ccccc1. The highest BCUT2D eigenvalue weighted by Crippen LogP contribution is 2.35. The number of hydrogen-bond donors (Lipinski definition) is 0. The molecule has 0 N–H and O–H groups in total. The molecule has 0 unspecified atom stereocenters.